The van der Waals surface area contributed by atoms with Crippen molar-refractivity contribution in [1.82, 2.24) is 0 Å². The third kappa shape index (κ3) is 1.48. The van der Waals surface area contributed by atoms with E-state index in [9.17, 15) is 0 Å². The Bertz CT molecular complexity index is 207. The second kappa shape index (κ2) is 2.74. The van der Waals surface area contributed by atoms with Crippen LogP contribution >= 0.6 is 0 Å². The van der Waals surface area contributed by atoms with Crippen LogP contribution in [0.3, 0.4) is 0 Å². The predicted molar refractivity (Wildman–Crippen MR) is 44.6 cm³/mol. The molecule has 0 saturated carbocycles. The van der Waals surface area contributed by atoms with Gasteiger partial charge in [0.05, 0.1) is 7.05 Å². The van der Waals surface area contributed by atoms with Crippen molar-refractivity contribution < 1.29 is 4.59 Å². The standard InChI is InChI=1S/C8H16N3/c1-5-8(3)11(4)6-7(2)9-10-11/h6,8H,5H2,1-4H3/q+1. The van der Waals surface area contributed by atoms with Crippen molar-refractivity contribution in [3.63, 3.8) is 0 Å². The van der Waals surface area contributed by atoms with Gasteiger partial charge in [0.1, 0.15) is 17.9 Å². The second-order valence-electron chi connectivity index (χ2n) is 3.31. The molecular weight excluding hydrogens is 138 g/mol. The Hall–Kier alpha value is -0.700. The molecule has 0 saturated heterocycles. The first-order valence-electron chi connectivity index (χ1n) is 4.07. The van der Waals surface area contributed by atoms with Crippen molar-refractivity contribution in [3.8, 4) is 0 Å². The maximum absolute atomic E-state index is 4.19. The van der Waals surface area contributed by atoms with Gasteiger partial charge in [0.15, 0.2) is 0 Å². The molecule has 3 nitrogen and oxygen atoms in total. The van der Waals surface area contributed by atoms with E-state index in [1.165, 1.54) is 0 Å². The molecule has 2 unspecified atom stereocenters. The fraction of sp³-hybridized carbons (Fsp3) is 0.750. The minimum Gasteiger partial charge on any atom is -0.151 e. The fourth-order valence-electron chi connectivity index (χ4n) is 1.18. The molecule has 1 heterocycles. The van der Waals surface area contributed by atoms with Crippen LogP contribution in [0.2, 0.25) is 0 Å². The van der Waals surface area contributed by atoms with Crippen molar-refractivity contribution in [2.75, 3.05) is 7.05 Å². The first-order valence-corrected chi connectivity index (χ1v) is 4.07. The highest BCUT2D eigenvalue weighted by molar-refractivity contribution is 4.91. The summed E-state index contributed by atoms with van der Waals surface area (Å²) in [5.41, 5.74) is 1.02. The molecule has 0 radical (unpaired) electrons. The van der Waals surface area contributed by atoms with Crippen molar-refractivity contribution in [3.05, 3.63) is 11.9 Å². The highest BCUT2D eigenvalue weighted by Gasteiger charge is 2.30. The predicted octanol–water partition coefficient (Wildman–Crippen LogP) is 2.47. The number of allylic oxidation sites excluding steroid dienone is 1. The Balaban J connectivity index is 2.78. The topological polar surface area (TPSA) is 24.7 Å². The number of hydrogen-bond acceptors (Lipinski definition) is 2. The van der Waals surface area contributed by atoms with Gasteiger partial charge in [-0.3, -0.25) is 0 Å². The molecule has 0 bridgehead atoms. The van der Waals surface area contributed by atoms with Crippen molar-refractivity contribution in [2.45, 2.75) is 33.2 Å². The first-order chi connectivity index (χ1) is 5.08. The molecule has 3 heteroatoms. The maximum atomic E-state index is 4.19. The summed E-state index contributed by atoms with van der Waals surface area (Å²) in [7, 11) is 2.08. The molecule has 0 aliphatic carbocycles. The lowest BCUT2D eigenvalue weighted by Crippen LogP contribution is -2.39. The van der Waals surface area contributed by atoms with Gasteiger partial charge in [-0.1, -0.05) is 12.0 Å². The zero-order chi connectivity index (χ0) is 8.48. The van der Waals surface area contributed by atoms with E-state index in [1.807, 2.05) is 6.92 Å². The van der Waals surface area contributed by atoms with Gasteiger partial charge < -0.3 is 0 Å². The average Bonchev–Trinajstić information content (AvgIpc) is 2.31. The Kier molecular flexibility index (Phi) is 2.09. The largest absolute Gasteiger partial charge is 0.151 e. The Labute approximate surface area is 68.0 Å². The molecule has 2 atom stereocenters. The number of nitrogens with zero attached hydrogens (tertiary/aromatic N) is 3. The molecule has 11 heavy (non-hydrogen) atoms. The van der Waals surface area contributed by atoms with E-state index < -0.39 is 0 Å². The average molecular weight is 154 g/mol. The second-order valence-corrected chi connectivity index (χ2v) is 3.31. The normalized spacial score (nSPS) is 32.2. The fourth-order valence-corrected chi connectivity index (χ4v) is 1.18. The first kappa shape index (κ1) is 8.40. The highest BCUT2D eigenvalue weighted by atomic mass is 15.7. The summed E-state index contributed by atoms with van der Waals surface area (Å²) < 4.78 is 0.613. The van der Waals surface area contributed by atoms with E-state index in [1.54, 1.807) is 0 Å². The van der Waals surface area contributed by atoms with Crippen LogP contribution in [0.4, 0.5) is 0 Å². The van der Waals surface area contributed by atoms with Gasteiger partial charge in [-0.25, -0.2) is 0 Å². The molecule has 0 amide bonds. The van der Waals surface area contributed by atoms with E-state index in [0.29, 0.717) is 10.6 Å². The van der Waals surface area contributed by atoms with Crippen LogP contribution in [-0.2, 0) is 0 Å². The third-order valence-corrected chi connectivity index (χ3v) is 2.33. The number of hydrogen-bond donors (Lipinski definition) is 0. The SMILES string of the molecule is CCC(C)[N+]1(C)C=C(C)N=N1. The van der Waals surface area contributed by atoms with E-state index in [4.69, 9.17) is 0 Å². The summed E-state index contributed by atoms with van der Waals surface area (Å²) in [6, 6.07) is 0.524. The van der Waals surface area contributed by atoms with E-state index >= 15 is 0 Å². The Morgan fingerprint density at radius 1 is 1.64 bits per heavy atom. The smallest absolute Gasteiger partial charge is 0.147 e. The van der Waals surface area contributed by atoms with Gasteiger partial charge in [-0.15, -0.1) is 0 Å². The van der Waals surface area contributed by atoms with Gasteiger partial charge in [-0.05, 0) is 20.3 Å². The summed E-state index contributed by atoms with van der Waals surface area (Å²) in [5, 5.41) is 8.21. The molecule has 0 N–H and O–H groups in total. The van der Waals surface area contributed by atoms with Crippen LogP contribution in [0.15, 0.2) is 22.2 Å². The molecule has 1 aliphatic heterocycles. The van der Waals surface area contributed by atoms with Crippen LogP contribution in [-0.4, -0.2) is 17.7 Å². The zero-order valence-electron chi connectivity index (χ0n) is 7.70. The number of rotatable bonds is 2. The van der Waals surface area contributed by atoms with Crippen LogP contribution in [0.5, 0.6) is 0 Å². The minimum atomic E-state index is 0.524. The summed E-state index contributed by atoms with van der Waals surface area (Å²) in [6.07, 6.45) is 3.22. The van der Waals surface area contributed by atoms with Gasteiger partial charge in [0.25, 0.3) is 0 Å². The molecule has 0 aromatic rings. The monoisotopic (exact) mass is 154 g/mol. The molecule has 0 fully saturated rings. The lowest BCUT2D eigenvalue weighted by molar-refractivity contribution is -0.891. The zero-order valence-corrected chi connectivity index (χ0v) is 7.70. The summed E-state index contributed by atoms with van der Waals surface area (Å²) >= 11 is 0. The molecular formula is C8H16N3+. The lowest BCUT2D eigenvalue weighted by atomic mass is 10.2. The van der Waals surface area contributed by atoms with Crippen molar-refractivity contribution in [2.24, 2.45) is 10.3 Å². The molecule has 1 aliphatic rings. The highest BCUT2D eigenvalue weighted by Crippen LogP contribution is 2.23. The summed E-state index contributed by atoms with van der Waals surface area (Å²) in [5.74, 6) is 0. The summed E-state index contributed by atoms with van der Waals surface area (Å²) in [4.78, 5) is 0. The van der Waals surface area contributed by atoms with Crippen molar-refractivity contribution in [1.29, 1.82) is 0 Å². The third-order valence-electron chi connectivity index (χ3n) is 2.33. The molecule has 0 aromatic carbocycles. The van der Waals surface area contributed by atoms with Crippen molar-refractivity contribution >= 4 is 0 Å². The van der Waals surface area contributed by atoms with Crippen LogP contribution in [0.25, 0.3) is 0 Å². The molecule has 62 valence electrons. The van der Waals surface area contributed by atoms with Crippen LogP contribution in [0, 0.1) is 0 Å². The van der Waals surface area contributed by atoms with E-state index in [2.05, 4.69) is 37.4 Å². The van der Waals surface area contributed by atoms with Crippen LogP contribution < -0.4 is 0 Å². The Morgan fingerprint density at radius 3 is 2.64 bits per heavy atom. The lowest BCUT2D eigenvalue weighted by Gasteiger charge is -2.24. The molecule has 0 aromatic heterocycles. The maximum Gasteiger partial charge on any atom is 0.147 e. The summed E-state index contributed by atoms with van der Waals surface area (Å²) in [6.45, 7) is 6.34. The van der Waals surface area contributed by atoms with Gasteiger partial charge in [-0.2, -0.15) is 4.59 Å². The molecule has 0 spiro atoms. The van der Waals surface area contributed by atoms with E-state index in [-0.39, 0.29) is 0 Å². The Morgan fingerprint density at radius 2 is 2.27 bits per heavy atom. The van der Waals surface area contributed by atoms with E-state index in [0.717, 1.165) is 12.1 Å². The van der Waals surface area contributed by atoms with Gasteiger partial charge >= 0.3 is 0 Å². The quantitative estimate of drug-likeness (QED) is 0.546. The number of quaternary nitrogens is 1. The van der Waals surface area contributed by atoms with Gasteiger partial charge in [0, 0.05) is 5.22 Å². The minimum absolute atomic E-state index is 0.524. The van der Waals surface area contributed by atoms with Crippen LogP contribution in [0.1, 0.15) is 27.2 Å². The molecule has 1 rings (SSSR count). The van der Waals surface area contributed by atoms with Gasteiger partial charge in [0.2, 0.25) is 0 Å².